The summed E-state index contributed by atoms with van der Waals surface area (Å²) in [6, 6.07) is 15.8. The van der Waals surface area contributed by atoms with Crippen molar-refractivity contribution < 1.29 is 14.3 Å². The number of carbonyl (C=O) groups is 2. The molecule has 6 nitrogen and oxygen atoms in total. The summed E-state index contributed by atoms with van der Waals surface area (Å²) in [5, 5.41) is 5.50. The smallest absolute Gasteiger partial charge is 0.323 e. The van der Waals surface area contributed by atoms with Crippen LogP contribution in [0.2, 0.25) is 0 Å². The van der Waals surface area contributed by atoms with Crippen molar-refractivity contribution in [1.29, 1.82) is 0 Å². The standard InChI is InChI=1S/C19H21N3O3/c1-14-13-25-11-10-22(14)18(23)15-6-5-9-17(12-15)21-19(24)20-16-7-3-2-4-8-16/h2-9,12,14H,10-11,13H2,1H3,(H2,20,21,24). The second-order valence-electron chi connectivity index (χ2n) is 5.95. The summed E-state index contributed by atoms with van der Waals surface area (Å²) in [6.45, 7) is 3.63. The van der Waals surface area contributed by atoms with Gasteiger partial charge >= 0.3 is 6.03 Å². The van der Waals surface area contributed by atoms with Crippen LogP contribution in [0.1, 0.15) is 17.3 Å². The lowest BCUT2D eigenvalue weighted by atomic mass is 10.1. The fourth-order valence-electron chi connectivity index (χ4n) is 2.74. The van der Waals surface area contributed by atoms with Crippen molar-refractivity contribution in [2.24, 2.45) is 0 Å². The summed E-state index contributed by atoms with van der Waals surface area (Å²) in [5.41, 5.74) is 1.82. The third kappa shape index (κ3) is 4.36. The number of morpholine rings is 1. The number of hydrogen-bond donors (Lipinski definition) is 2. The first-order valence-corrected chi connectivity index (χ1v) is 8.25. The normalized spacial score (nSPS) is 17.0. The van der Waals surface area contributed by atoms with E-state index in [9.17, 15) is 9.59 Å². The fourth-order valence-corrected chi connectivity index (χ4v) is 2.74. The van der Waals surface area contributed by atoms with E-state index >= 15 is 0 Å². The number of anilines is 2. The first-order chi connectivity index (χ1) is 12.1. The Morgan fingerprint density at radius 3 is 2.52 bits per heavy atom. The Hall–Kier alpha value is -2.86. The van der Waals surface area contributed by atoms with Crippen molar-refractivity contribution in [3.8, 4) is 0 Å². The molecule has 0 aromatic heterocycles. The Morgan fingerprint density at radius 2 is 1.76 bits per heavy atom. The molecule has 25 heavy (non-hydrogen) atoms. The van der Waals surface area contributed by atoms with Crippen molar-refractivity contribution in [1.82, 2.24) is 4.90 Å². The summed E-state index contributed by atoms with van der Waals surface area (Å²) >= 11 is 0. The molecule has 3 amide bonds. The van der Waals surface area contributed by atoms with E-state index in [-0.39, 0.29) is 18.0 Å². The van der Waals surface area contributed by atoms with Gasteiger partial charge in [0.15, 0.2) is 0 Å². The van der Waals surface area contributed by atoms with Gasteiger partial charge in [-0.1, -0.05) is 24.3 Å². The number of benzene rings is 2. The van der Waals surface area contributed by atoms with E-state index in [1.807, 2.05) is 25.1 Å². The van der Waals surface area contributed by atoms with Gasteiger partial charge in [0.2, 0.25) is 0 Å². The van der Waals surface area contributed by atoms with Crippen LogP contribution in [0, 0.1) is 0 Å². The minimum absolute atomic E-state index is 0.0410. The van der Waals surface area contributed by atoms with Gasteiger partial charge in [-0.3, -0.25) is 4.79 Å². The molecule has 1 unspecified atom stereocenters. The lowest BCUT2D eigenvalue weighted by molar-refractivity contribution is 0.00360. The monoisotopic (exact) mass is 339 g/mol. The second-order valence-corrected chi connectivity index (χ2v) is 5.95. The van der Waals surface area contributed by atoms with E-state index in [2.05, 4.69) is 10.6 Å². The zero-order valence-electron chi connectivity index (χ0n) is 14.1. The molecule has 2 aromatic rings. The molecule has 3 rings (SSSR count). The zero-order chi connectivity index (χ0) is 17.6. The van der Waals surface area contributed by atoms with E-state index in [4.69, 9.17) is 4.74 Å². The predicted octanol–water partition coefficient (Wildman–Crippen LogP) is 3.19. The van der Waals surface area contributed by atoms with Crippen LogP contribution in [0.25, 0.3) is 0 Å². The molecule has 0 saturated carbocycles. The summed E-state index contributed by atoms with van der Waals surface area (Å²) in [4.78, 5) is 26.6. The van der Waals surface area contributed by atoms with Crippen LogP contribution in [-0.4, -0.2) is 42.6 Å². The van der Waals surface area contributed by atoms with Crippen LogP contribution in [-0.2, 0) is 4.74 Å². The number of nitrogens with one attached hydrogen (secondary N) is 2. The Kier molecular flexibility index (Phi) is 5.30. The van der Waals surface area contributed by atoms with Crippen molar-refractivity contribution in [2.45, 2.75) is 13.0 Å². The topological polar surface area (TPSA) is 70.7 Å². The van der Waals surface area contributed by atoms with Crippen LogP contribution in [0.4, 0.5) is 16.2 Å². The lowest BCUT2D eigenvalue weighted by Crippen LogP contribution is -2.47. The molecule has 1 saturated heterocycles. The maximum Gasteiger partial charge on any atom is 0.323 e. The van der Waals surface area contributed by atoms with Crippen LogP contribution in [0.5, 0.6) is 0 Å². The molecule has 130 valence electrons. The average Bonchev–Trinajstić information content (AvgIpc) is 2.62. The van der Waals surface area contributed by atoms with Gasteiger partial charge in [0.1, 0.15) is 0 Å². The van der Waals surface area contributed by atoms with Crippen molar-refractivity contribution >= 4 is 23.3 Å². The molecule has 1 heterocycles. The zero-order valence-corrected chi connectivity index (χ0v) is 14.1. The molecule has 1 fully saturated rings. The number of hydrogen-bond acceptors (Lipinski definition) is 3. The maximum absolute atomic E-state index is 12.7. The highest BCUT2D eigenvalue weighted by Crippen LogP contribution is 2.16. The van der Waals surface area contributed by atoms with Crippen LogP contribution in [0.15, 0.2) is 54.6 Å². The van der Waals surface area contributed by atoms with Crippen molar-refractivity contribution in [3.63, 3.8) is 0 Å². The van der Waals surface area contributed by atoms with E-state index < -0.39 is 0 Å². The molecule has 0 radical (unpaired) electrons. The summed E-state index contributed by atoms with van der Waals surface area (Å²) in [7, 11) is 0. The van der Waals surface area contributed by atoms with Gasteiger partial charge in [-0.2, -0.15) is 0 Å². The molecule has 0 aliphatic carbocycles. The van der Waals surface area contributed by atoms with Crippen LogP contribution < -0.4 is 10.6 Å². The van der Waals surface area contributed by atoms with Crippen LogP contribution in [0.3, 0.4) is 0 Å². The van der Waals surface area contributed by atoms with Gasteiger partial charge in [-0.05, 0) is 37.3 Å². The van der Waals surface area contributed by atoms with Crippen LogP contribution >= 0.6 is 0 Å². The number of para-hydroxylation sites is 1. The predicted molar refractivity (Wildman–Crippen MR) is 96.8 cm³/mol. The number of rotatable bonds is 3. The molecule has 0 bridgehead atoms. The van der Waals surface area contributed by atoms with Gasteiger partial charge < -0.3 is 20.3 Å². The molecular weight excluding hydrogens is 318 g/mol. The largest absolute Gasteiger partial charge is 0.377 e. The summed E-state index contributed by atoms with van der Waals surface area (Å²) < 4.78 is 5.37. The van der Waals surface area contributed by atoms with Gasteiger partial charge in [0, 0.05) is 23.5 Å². The molecule has 1 atom stereocenters. The lowest BCUT2D eigenvalue weighted by Gasteiger charge is -2.33. The third-order valence-corrected chi connectivity index (χ3v) is 4.03. The van der Waals surface area contributed by atoms with Crippen molar-refractivity contribution in [2.75, 3.05) is 30.4 Å². The Bertz CT molecular complexity index is 749. The molecular formula is C19H21N3O3. The van der Waals surface area contributed by atoms with E-state index in [1.165, 1.54) is 0 Å². The molecule has 1 aliphatic heterocycles. The number of ether oxygens (including phenoxy) is 1. The quantitative estimate of drug-likeness (QED) is 0.902. The highest BCUT2D eigenvalue weighted by atomic mass is 16.5. The second kappa shape index (κ2) is 7.81. The van der Waals surface area contributed by atoms with Gasteiger partial charge in [0.25, 0.3) is 5.91 Å². The molecule has 6 heteroatoms. The number of urea groups is 1. The van der Waals surface area contributed by atoms with Gasteiger partial charge in [-0.25, -0.2) is 4.79 Å². The third-order valence-electron chi connectivity index (χ3n) is 4.03. The maximum atomic E-state index is 12.7. The molecule has 2 N–H and O–H groups in total. The number of amides is 3. The summed E-state index contributed by atoms with van der Waals surface area (Å²) in [6.07, 6.45) is 0. The molecule has 1 aliphatic rings. The van der Waals surface area contributed by atoms with Crippen molar-refractivity contribution in [3.05, 3.63) is 60.2 Å². The molecule has 0 spiro atoms. The SMILES string of the molecule is CC1COCCN1C(=O)c1cccc(NC(=O)Nc2ccccc2)c1. The average molecular weight is 339 g/mol. The minimum Gasteiger partial charge on any atom is -0.377 e. The highest BCUT2D eigenvalue weighted by Gasteiger charge is 2.24. The number of carbonyl (C=O) groups excluding carboxylic acids is 2. The first-order valence-electron chi connectivity index (χ1n) is 8.25. The number of nitrogens with zero attached hydrogens (tertiary/aromatic N) is 1. The molecule has 2 aromatic carbocycles. The Balaban J connectivity index is 1.66. The fraction of sp³-hybridized carbons (Fsp3) is 0.263. The van der Waals surface area contributed by atoms with Gasteiger partial charge in [-0.15, -0.1) is 0 Å². The van der Waals surface area contributed by atoms with Gasteiger partial charge in [0.05, 0.1) is 19.3 Å². The Labute approximate surface area is 146 Å². The first kappa shape index (κ1) is 17.0. The highest BCUT2D eigenvalue weighted by molar-refractivity contribution is 6.01. The van der Waals surface area contributed by atoms with E-state index in [1.54, 1.807) is 41.3 Å². The Morgan fingerprint density at radius 1 is 1.04 bits per heavy atom. The van der Waals surface area contributed by atoms with E-state index in [0.717, 1.165) is 0 Å². The summed E-state index contributed by atoms with van der Waals surface area (Å²) in [5.74, 6) is -0.0529. The minimum atomic E-state index is -0.351. The van der Waals surface area contributed by atoms with E-state index in [0.29, 0.717) is 36.7 Å².